The van der Waals surface area contributed by atoms with Crippen LogP contribution in [0.3, 0.4) is 0 Å². The lowest BCUT2D eigenvalue weighted by Crippen LogP contribution is -2.23. The second-order valence-electron chi connectivity index (χ2n) is 5.83. The van der Waals surface area contributed by atoms with Crippen LogP contribution >= 0.6 is 0 Å². The van der Waals surface area contributed by atoms with E-state index in [9.17, 15) is 13.2 Å². The van der Waals surface area contributed by atoms with Gasteiger partial charge in [-0.15, -0.1) is 0 Å². The van der Waals surface area contributed by atoms with Crippen LogP contribution in [0.15, 0.2) is 53.4 Å². The number of sulfonamides is 1. The fraction of sp³-hybridized carbons (Fsp3) is 0.350. The molecule has 2 rings (SSSR count). The topological polar surface area (TPSA) is 90.9 Å². The van der Waals surface area contributed by atoms with E-state index in [4.69, 9.17) is 14.2 Å². The summed E-state index contributed by atoms with van der Waals surface area (Å²) in [5, 5.41) is 0. The molecular formula is C20H25NO6S. The molecule has 1 N–H and O–H groups in total. The average Bonchev–Trinajstić information content (AvgIpc) is 2.70. The number of benzene rings is 2. The normalized spacial score (nSPS) is 11.1. The Hall–Kier alpha value is -2.58. The largest absolute Gasteiger partial charge is 0.494 e. The second kappa shape index (κ2) is 10.7. The molecule has 0 aliphatic rings. The molecule has 2 aromatic rings. The maximum atomic E-state index is 12.1. The molecule has 152 valence electrons. The van der Waals surface area contributed by atoms with Crippen molar-refractivity contribution in [2.24, 2.45) is 0 Å². The van der Waals surface area contributed by atoms with Crippen LogP contribution in [0.2, 0.25) is 0 Å². The van der Waals surface area contributed by atoms with Crippen molar-refractivity contribution in [2.45, 2.75) is 25.2 Å². The zero-order valence-electron chi connectivity index (χ0n) is 16.0. The number of hydrogen-bond acceptors (Lipinski definition) is 6. The first kappa shape index (κ1) is 21.7. The summed E-state index contributed by atoms with van der Waals surface area (Å²) >= 11 is 0. The number of rotatable bonds is 11. The van der Waals surface area contributed by atoms with Gasteiger partial charge in [0.15, 0.2) is 0 Å². The van der Waals surface area contributed by atoms with Gasteiger partial charge in [-0.05, 0) is 48.9 Å². The van der Waals surface area contributed by atoms with E-state index in [1.54, 1.807) is 19.1 Å². The highest BCUT2D eigenvalue weighted by Crippen LogP contribution is 2.18. The lowest BCUT2D eigenvalue weighted by Gasteiger charge is -2.09. The smallest absolute Gasteiger partial charge is 0.338 e. The minimum absolute atomic E-state index is 0.0189. The first-order valence-corrected chi connectivity index (χ1v) is 10.6. The molecule has 0 fully saturated rings. The molecule has 28 heavy (non-hydrogen) atoms. The van der Waals surface area contributed by atoms with Crippen LogP contribution in [0.1, 0.15) is 30.6 Å². The van der Waals surface area contributed by atoms with E-state index in [0.717, 1.165) is 12.2 Å². The van der Waals surface area contributed by atoms with Crippen molar-refractivity contribution in [1.29, 1.82) is 0 Å². The standard InChI is InChI=1S/C20H25NO6S/c1-3-12-25-17-8-10-18(11-9-17)26-13-14-27-20(22)16-6-5-7-19(15-16)28(23,24)21-4-2/h5-11,15,21H,3-4,12-14H2,1-2H3. The van der Waals surface area contributed by atoms with Gasteiger partial charge in [-0.3, -0.25) is 0 Å². The molecule has 0 saturated carbocycles. The molecular weight excluding hydrogens is 382 g/mol. The predicted octanol–water partition coefficient (Wildman–Crippen LogP) is 3.01. The van der Waals surface area contributed by atoms with E-state index in [-0.39, 0.29) is 30.2 Å². The molecule has 0 aromatic heterocycles. The summed E-state index contributed by atoms with van der Waals surface area (Å²) in [5.74, 6) is 0.798. The SMILES string of the molecule is CCCOc1ccc(OCCOC(=O)c2cccc(S(=O)(=O)NCC)c2)cc1. The van der Waals surface area contributed by atoms with Crippen LogP contribution in [-0.2, 0) is 14.8 Å². The molecule has 0 saturated heterocycles. The van der Waals surface area contributed by atoms with Gasteiger partial charge in [0.05, 0.1) is 17.1 Å². The first-order chi connectivity index (χ1) is 13.5. The van der Waals surface area contributed by atoms with E-state index in [2.05, 4.69) is 4.72 Å². The van der Waals surface area contributed by atoms with Crippen molar-refractivity contribution in [3.05, 3.63) is 54.1 Å². The van der Waals surface area contributed by atoms with Crippen LogP contribution in [0.25, 0.3) is 0 Å². The molecule has 0 heterocycles. The second-order valence-corrected chi connectivity index (χ2v) is 7.60. The molecule has 0 radical (unpaired) electrons. The molecule has 8 heteroatoms. The third kappa shape index (κ3) is 6.54. The number of esters is 1. The summed E-state index contributed by atoms with van der Waals surface area (Å²) in [7, 11) is -3.63. The zero-order chi connectivity index (χ0) is 20.4. The monoisotopic (exact) mass is 407 g/mol. The Morgan fingerprint density at radius 2 is 1.57 bits per heavy atom. The van der Waals surface area contributed by atoms with E-state index < -0.39 is 16.0 Å². The Morgan fingerprint density at radius 3 is 2.18 bits per heavy atom. The minimum Gasteiger partial charge on any atom is -0.494 e. The number of nitrogens with one attached hydrogen (secondary N) is 1. The highest BCUT2D eigenvalue weighted by molar-refractivity contribution is 7.89. The van der Waals surface area contributed by atoms with Crippen LogP contribution in [-0.4, -0.2) is 40.8 Å². The number of carbonyl (C=O) groups is 1. The third-order valence-electron chi connectivity index (χ3n) is 3.60. The van der Waals surface area contributed by atoms with Gasteiger partial charge in [-0.2, -0.15) is 0 Å². The quantitative estimate of drug-likeness (QED) is 0.455. The van der Waals surface area contributed by atoms with E-state index in [1.165, 1.54) is 24.3 Å². The van der Waals surface area contributed by atoms with Crippen molar-refractivity contribution in [3.63, 3.8) is 0 Å². The van der Waals surface area contributed by atoms with Gasteiger partial charge in [0.2, 0.25) is 10.0 Å². The predicted molar refractivity (Wildman–Crippen MR) is 105 cm³/mol. The van der Waals surface area contributed by atoms with Gasteiger partial charge in [0.1, 0.15) is 24.7 Å². The number of ether oxygens (including phenoxy) is 3. The lowest BCUT2D eigenvalue weighted by molar-refractivity contribution is 0.0450. The Labute approximate surface area is 165 Å². The molecule has 7 nitrogen and oxygen atoms in total. The van der Waals surface area contributed by atoms with Crippen molar-refractivity contribution >= 4 is 16.0 Å². The van der Waals surface area contributed by atoms with Crippen LogP contribution < -0.4 is 14.2 Å². The van der Waals surface area contributed by atoms with Gasteiger partial charge >= 0.3 is 5.97 Å². The summed E-state index contributed by atoms with van der Waals surface area (Å²) in [6.45, 7) is 4.86. The molecule has 0 atom stereocenters. The third-order valence-corrected chi connectivity index (χ3v) is 5.14. The molecule has 0 bridgehead atoms. The number of carbonyl (C=O) groups excluding carboxylic acids is 1. The summed E-state index contributed by atoms with van der Waals surface area (Å²) < 4.78 is 42.6. The van der Waals surface area contributed by atoms with Gasteiger partial charge < -0.3 is 14.2 Å². The summed E-state index contributed by atoms with van der Waals surface area (Å²) in [5.41, 5.74) is 0.163. The first-order valence-electron chi connectivity index (χ1n) is 9.08. The van der Waals surface area contributed by atoms with E-state index in [1.807, 2.05) is 19.1 Å². The van der Waals surface area contributed by atoms with Crippen LogP contribution in [0.4, 0.5) is 0 Å². The maximum absolute atomic E-state index is 12.1. The minimum atomic E-state index is -3.63. The highest BCUT2D eigenvalue weighted by atomic mass is 32.2. The Kier molecular flexibility index (Phi) is 8.28. The van der Waals surface area contributed by atoms with Crippen LogP contribution in [0, 0.1) is 0 Å². The fourth-order valence-electron chi connectivity index (χ4n) is 2.29. The molecule has 0 aliphatic carbocycles. The van der Waals surface area contributed by atoms with E-state index in [0.29, 0.717) is 12.4 Å². The molecule has 0 unspecified atom stereocenters. The van der Waals surface area contributed by atoms with E-state index >= 15 is 0 Å². The van der Waals surface area contributed by atoms with Gasteiger partial charge in [0, 0.05) is 6.54 Å². The van der Waals surface area contributed by atoms with Crippen molar-refractivity contribution in [2.75, 3.05) is 26.4 Å². The Balaban J connectivity index is 1.83. The fourth-order valence-corrected chi connectivity index (χ4v) is 3.38. The molecule has 0 amide bonds. The van der Waals surface area contributed by atoms with Gasteiger partial charge in [-0.25, -0.2) is 17.9 Å². The molecule has 0 aliphatic heterocycles. The van der Waals surface area contributed by atoms with Crippen molar-refractivity contribution < 1.29 is 27.4 Å². The van der Waals surface area contributed by atoms with Crippen molar-refractivity contribution in [3.8, 4) is 11.5 Å². The Bertz CT molecular complexity index is 865. The van der Waals surface area contributed by atoms with Crippen molar-refractivity contribution in [1.82, 2.24) is 4.72 Å². The summed E-state index contributed by atoms with van der Waals surface area (Å²) in [6, 6.07) is 12.9. The lowest BCUT2D eigenvalue weighted by atomic mass is 10.2. The van der Waals surface area contributed by atoms with Gasteiger partial charge in [-0.1, -0.05) is 19.9 Å². The summed E-state index contributed by atoms with van der Waals surface area (Å²) in [4.78, 5) is 12.1. The average molecular weight is 407 g/mol. The molecule has 2 aromatic carbocycles. The maximum Gasteiger partial charge on any atom is 0.338 e. The zero-order valence-corrected chi connectivity index (χ0v) is 16.8. The molecule has 0 spiro atoms. The Morgan fingerprint density at radius 1 is 0.929 bits per heavy atom. The highest BCUT2D eigenvalue weighted by Gasteiger charge is 2.15. The number of hydrogen-bond donors (Lipinski definition) is 1. The van der Waals surface area contributed by atoms with Gasteiger partial charge in [0.25, 0.3) is 0 Å². The summed E-state index contributed by atoms with van der Waals surface area (Å²) in [6.07, 6.45) is 0.938. The van der Waals surface area contributed by atoms with Crippen LogP contribution in [0.5, 0.6) is 11.5 Å².